The summed E-state index contributed by atoms with van der Waals surface area (Å²) in [6.45, 7) is 15.0. The number of hydrogen-bond acceptors (Lipinski definition) is 14. The van der Waals surface area contributed by atoms with E-state index < -0.39 is 18.0 Å². The van der Waals surface area contributed by atoms with Crippen molar-refractivity contribution in [2.45, 2.75) is 66.0 Å². The third-order valence-electron chi connectivity index (χ3n) is 7.91. The van der Waals surface area contributed by atoms with E-state index in [2.05, 4.69) is 16.0 Å². The van der Waals surface area contributed by atoms with Gasteiger partial charge in [0.25, 0.3) is 0 Å². The van der Waals surface area contributed by atoms with Gasteiger partial charge in [-0.3, -0.25) is 33.7 Å². The molecule has 54 heavy (non-hydrogen) atoms. The van der Waals surface area contributed by atoms with Crippen LogP contribution in [0.1, 0.15) is 53.9 Å². The van der Waals surface area contributed by atoms with Gasteiger partial charge < -0.3 is 53.8 Å². The average molecular weight is 777 g/mol. The van der Waals surface area contributed by atoms with Crippen molar-refractivity contribution in [2.75, 3.05) is 119 Å². The van der Waals surface area contributed by atoms with Crippen molar-refractivity contribution in [1.29, 1.82) is 0 Å². The number of nitrogens with zero attached hydrogens (tertiary/aromatic N) is 1. The SMILES string of the molecule is CC(=O)C(C)NC(=O)C(NC(=O)CCOCCOCCOCCOCCOCCOCCOCCOCCNC(=O)CCN1C(=O)CC(C)C1=O)C(C)C. The number of ether oxygens (including phenoxy) is 8. The van der Waals surface area contributed by atoms with Crippen LogP contribution in [0.5, 0.6) is 0 Å². The number of Topliss-reactive ketones (excluding diaryl/α,β-unsaturated/α-hetero) is 1. The standard InChI is InChI=1S/C36H64N4O14/c1-27(2)34(35(45)38-29(4)30(5)41)39-32(43)7-10-47-12-14-49-16-18-51-20-22-53-24-25-54-23-21-52-19-17-50-15-13-48-11-8-37-31(42)6-9-40-33(44)26-28(3)36(40)46/h27-29,34H,6-26H2,1-5H3,(H,37,42)(H,38,45)(H,39,43). The maximum absolute atomic E-state index is 12.4. The maximum Gasteiger partial charge on any atom is 0.243 e. The van der Waals surface area contributed by atoms with Crippen molar-refractivity contribution in [3.05, 3.63) is 0 Å². The summed E-state index contributed by atoms with van der Waals surface area (Å²) in [6.07, 6.45) is 0.380. The minimum absolute atomic E-state index is 0.0745. The molecule has 0 spiro atoms. The number of imide groups is 1. The molecular weight excluding hydrogens is 712 g/mol. The minimum Gasteiger partial charge on any atom is -0.379 e. The first kappa shape index (κ1) is 48.9. The highest BCUT2D eigenvalue weighted by Crippen LogP contribution is 2.18. The van der Waals surface area contributed by atoms with Crippen LogP contribution in [0.4, 0.5) is 0 Å². The van der Waals surface area contributed by atoms with E-state index >= 15 is 0 Å². The number of carbonyl (C=O) groups is 6. The first-order valence-electron chi connectivity index (χ1n) is 18.8. The van der Waals surface area contributed by atoms with E-state index in [1.165, 1.54) is 6.92 Å². The molecule has 0 radical (unpaired) electrons. The quantitative estimate of drug-likeness (QED) is 0.0554. The molecule has 3 N–H and O–H groups in total. The smallest absolute Gasteiger partial charge is 0.243 e. The van der Waals surface area contributed by atoms with Gasteiger partial charge in [0.1, 0.15) is 6.04 Å². The molecule has 1 saturated heterocycles. The number of amides is 5. The molecule has 3 unspecified atom stereocenters. The number of carbonyl (C=O) groups excluding carboxylic acids is 6. The van der Waals surface area contributed by atoms with E-state index in [0.29, 0.717) is 106 Å². The van der Waals surface area contributed by atoms with E-state index in [1.807, 2.05) is 13.8 Å². The highest BCUT2D eigenvalue weighted by molar-refractivity contribution is 6.03. The Hall–Kier alpha value is -3.10. The summed E-state index contributed by atoms with van der Waals surface area (Å²) in [5.41, 5.74) is 0. The topological polar surface area (TPSA) is 216 Å². The molecule has 1 fully saturated rings. The highest BCUT2D eigenvalue weighted by Gasteiger charge is 2.35. The Morgan fingerprint density at radius 3 is 1.44 bits per heavy atom. The number of hydrogen-bond donors (Lipinski definition) is 3. The molecule has 3 atom stereocenters. The van der Waals surface area contributed by atoms with Crippen molar-refractivity contribution in [3.8, 4) is 0 Å². The lowest BCUT2D eigenvalue weighted by molar-refractivity contribution is -0.139. The van der Waals surface area contributed by atoms with E-state index in [0.717, 1.165) is 4.90 Å². The molecule has 1 heterocycles. The second-order valence-corrected chi connectivity index (χ2v) is 12.9. The van der Waals surface area contributed by atoms with Crippen molar-refractivity contribution in [1.82, 2.24) is 20.9 Å². The van der Waals surface area contributed by atoms with E-state index in [-0.39, 0.29) is 73.7 Å². The van der Waals surface area contributed by atoms with Crippen molar-refractivity contribution in [2.24, 2.45) is 11.8 Å². The molecule has 0 aromatic carbocycles. The molecule has 18 heteroatoms. The zero-order valence-corrected chi connectivity index (χ0v) is 32.8. The third kappa shape index (κ3) is 24.3. The van der Waals surface area contributed by atoms with Crippen molar-refractivity contribution < 1.29 is 66.7 Å². The van der Waals surface area contributed by atoms with Crippen LogP contribution in [-0.2, 0) is 66.7 Å². The lowest BCUT2D eigenvalue weighted by Gasteiger charge is -2.23. The van der Waals surface area contributed by atoms with Gasteiger partial charge in [0.05, 0.1) is 112 Å². The van der Waals surface area contributed by atoms with Crippen LogP contribution in [-0.4, -0.2) is 171 Å². The molecule has 0 aromatic heterocycles. The summed E-state index contributed by atoms with van der Waals surface area (Å²) in [4.78, 5) is 72.7. The van der Waals surface area contributed by atoms with Gasteiger partial charge >= 0.3 is 0 Å². The molecule has 1 rings (SSSR count). The summed E-state index contributed by atoms with van der Waals surface area (Å²) in [5.74, 6) is -2.00. The number of nitrogens with one attached hydrogen (secondary N) is 3. The fourth-order valence-electron chi connectivity index (χ4n) is 4.64. The highest BCUT2D eigenvalue weighted by atomic mass is 16.6. The van der Waals surface area contributed by atoms with Gasteiger partial charge in [-0.25, -0.2) is 0 Å². The fraction of sp³-hybridized carbons (Fsp3) is 0.833. The van der Waals surface area contributed by atoms with Gasteiger partial charge in [-0.05, 0) is 19.8 Å². The summed E-state index contributed by atoms with van der Waals surface area (Å²) in [5, 5.41) is 8.02. The molecule has 1 aliphatic rings. The number of likely N-dealkylation sites (tertiary alicyclic amines) is 1. The molecule has 18 nitrogen and oxygen atoms in total. The second kappa shape index (κ2) is 31.1. The van der Waals surface area contributed by atoms with Crippen LogP contribution < -0.4 is 16.0 Å². The molecule has 312 valence electrons. The predicted molar refractivity (Wildman–Crippen MR) is 194 cm³/mol. The molecule has 0 bridgehead atoms. The Morgan fingerprint density at radius 2 is 1.06 bits per heavy atom. The van der Waals surface area contributed by atoms with Crippen LogP contribution >= 0.6 is 0 Å². The summed E-state index contributed by atoms with van der Waals surface area (Å²) in [6, 6.07) is -1.35. The van der Waals surface area contributed by atoms with E-state index in [9.17, 15) is 28.8 Å². The molecule has 0 aromatic rings. The van der Waals surface area contributed by atoms with E-state index in [4.69, 9.17) is 37.9 Å². The van der Waals surface area contributed by atoms with Crippen LogP contribution in [0.25, 0.3) is 0 Å². The lowest BCUT2D eigenvalue weighted by atomic mass is 10.0. The van der Waals surface area contributed by atoms with Gasteiger partial charge in [-0.1, -0.05) is 20.8 Å². The van der Waals surface area contributed by atoms with Gasteiger partial charge in [-0.2, -0.15) is 0 Å². The first-order valence-corrected chi connectivity index (χ1v) is 18.8. The normalized spacial score (nSPS) is 15.4. The molecule has 5 amide bonds. The largest absolute Gasteiger partial charge is 0.379 e. The third-order valence-corrected chi connectivity index (χ3v) is 7.91. The Balaban J connectivity index is 1.78. The first-order chi connectivity index (χ1) is 25.9. The van der Waals surface area contributed by atoms with Crippen LogP contribution in [0, 0.1) is 11.8 Å². The fourth-order valence-corrected chi connectivity index (χ4v) is 4.64. The molecular formula is C36H64N4O14. The van der Waals surface area contributed by atoms with Crippen molar-refractivity contribution in [3.63, 3.8) is 0 Å². The van der Waals surface area contributed by atoms with Gasteiger partial charge in [-0.15, -0.1) is 0 Å². The van der Waals surface area contributed by atoms with Gasteiger partial charge in [0.15, 0.2) is 5.78 Å². The average Bonchev–Trinajstić information content (AvgIpc) is 3.37. The van der Waals surface area contributed by atoms with Crippen LogP contribution in [0.15, 0.2) is 0 Å². The molecule has 0 aliphatic carbocycles. The van der Waals surface area contributed by atoms with Crippen LogP contribution in [0.2, 0.25) is 0 Å². The minimum atomic E-state index is -0.736. The maximum atomic E-state index is 12.4. The summed E-state index contributed by atoms with van der Waals surface area (Å²) in [7, 11) is 0. The Morgan fingerprint density at radius 1 is 0.630 bits per heavy atom. The second-order valence-electron chi connectivity index (χ2n) is 12.9. The van der Waals surface area contributed by atoms with E-state index in [1.54, 1.807) is 13.8 Å². The lowest BCUT2D eigenvalue weighted by Crippen LogP contribution is -2.52. The predicted octanol–water partition coefficient (Wildman–Crippen LogP) is -0.355. The summed E-state index contributed by atoms with van der Waals surface area (Å²) < 4.78 is 43.6. The molecule has 1 aliphatic heterocycles. The Kier molecular flexibility index (Phi) is 28.2. The zero-order valence-electron chi connectivity index (χ0n) is 32.8. The monoisotopic (exact) mass is 776 g/mol. The number of ketones is 1. The van der Waals surface area contributed by atoms with Gasteiger partial charge in [0.2, 0.25) is 29.5 Å². The molecule has 0 saturated carbocycles. The number of rotatable bonds is 35. The zero-order chi connectivity index (χ0) is 40.0. The summed E-state index contributed by atoms with van der Waals surface area (Å²) >= 11 is 0. The van der Waals surface area contributed by atoms with Crippen molar-refractivity contribution >= 4 is 35.3 Å². The Bertz CT molecular complexity index is 1100. The Labute approximate surface area is 319 Å². The van der Waals surface area contributed by atoms with Crippen LogP contribution in [0.3, 0.4) is 0 Å². The van der Waals surface area contributed by atoms with Gasteiger partial charge in [0, 0.05) is 38.3 Å².